The van der Waals surface area contributed by atoms with E-state index in [-0.39, 0.29) is 0 Å². The molecule has 3 nitrogen and oxygen atoms in total. The second-order valence-electron chi connectivity index (χ2n) is 6.77. The number of fused-ring (bicyclic) bond motifs is 3. The molecule has 2 aromatic rings. The normalized spacial score (nSPS) is 29.3. The molecule has 2 aliphatic rings. The quantitative estimate of drug-likeness (QED) is 0.933. The molecule has 3 heterocycles. The van der Waals surface area contributed by atoms with E-state index >= 15 is 0 Å². The van der Waals surface area contributed by atoms with Crippen LogP contribution in [0.25, 0.3) is 11.0 Å². The van der Waals surface area contributed by atoms with Gasteiger partial charge in [0.1, 0.15) is 11.3 Å². The van der Waals surface area contributed by atoms with Crippen molar-refractivity contribution in [2.24, 2.45) is 5.92 Å². The third-order valence-corrected chi connectivity index (χ3v) is 5.40. The molecule has 1 aromatic heterocycles. The van der Waals surface area contributed by atoms with Crippen LogP contribution in [0.4, 0.5) is 0 Å². The van der Waals surface area contributed by atoms with Crippen molar-refractivity contribution >= 4 is 11.0 Å². The SMILES string of the molecule is CN1C2CCC1CC(CNCc1cc3ccccc3o1)C2. The minimum atomic E-state index is 0.835. The van der Waals surface area contributed by atoms with Gasteiger partial charge in [-0.05, 0) is 57.3 Å². The molecule has 0 saturated carbocycles. The molecule has 1 N–H and O–H groups in total. The van der Waals surface area contributed by atoms with Crippen molar-refractivity contribution in [1.82, 2.24) is 10.2 Å². The number of nitrogens with zero attached hydrogens (tertiary/aromatic N) is 1. The molecule has 2 atom stereocenters. The van der Waals surface area contributed by atoms with Crippen LogP contribution >= 0.6 is 0 Å². The fourth-order valence-corrected chi connectivity index (χ4v) is 4.21. The second kappa shape index (κ2) is 5.47. The fraction of sp³-hybridized carbons (Fsp3) is 0.556. The molecule has 112 valence electrons. The zero-order valence-electron chi connectivity index (χ0n) is 12.7. The van der Waals surface area contributed by atoms with E-state index in [4.69, 9.17) is 4.42 Å². The molecule has 2 unspecified atom stereocenters. The minimum Gasteiger partial charge on any atom is -0.460 e. The number of benzene rings is 1. The Kier molecular flexibility index (Phi) is 3.48. The summed E-state index contributed by atoms with van der Waals surface area (Å²) >= 11 is 0. The van der Waals surface area contributed by atoms with Crippen molar-refractivity contribution in [2.75, 3.05) is 13.6 Å². The molecule has 2 fully saturated rings. The molecule has 0 aliphatic carbocycles. The molecule has 2 aliphatic heterocycles. The van der Waals surface area contributed by atoms with Gasteiger partial charge in [0.15, 0.2) is 0 Å². The van der Waals surface area contributed by atoms with E-state index < -0.39 is 0 Å². The summed E-state index contributed by atoms with van der Waals surface area (Å²) in [5.74, 6) is 1.88. The summed E-state index contributed by atoms with van der Waals surface area (Å²) < 4.78 is 5.86. The Morgan fingerprint density at radius 3 is 2.71 bits per heavy atom. The first-order valence-electron chi connectivity index (χ1n) is 8.19. The highest BCUT2D eigenvalue weighted by Gasteiger charge is 2.37. The number of piperidine rings is 1. The van der Waals surface area contributed by atoms with Crippen LogP contribution in [0.5, 0.6) is 0 Å². The van der Waals surface area contributed by atoms with Gasteiger partial charge in [0.2, 0.25) is 0 Å². The zero-order valence-corrected chi connectivity index (χ0v) is 12.7. The molecule has 3 heteroatoms. The summed E-state index contributed by atoms with van der Waals surface area (Å²) in [5, 5.41) is 4.80. The van der Waals surface area contributed by atoms with E-state index in [1.165, 1.54) is 31.1 Å². The van der Waals surface area contributed by atoms with Crippen LogP contribution in [0.15, 0.2) is 34.7 Å². The summed E-state index contributed by atoms with van der Waals surface area (Å²) in [6.45, 7) is 1.97. The van der Waals surface area contributed by atoms with Gasteiger partial charge in [0.25, 0.3) is 0 Å². The predicted octanol–water partition coefficient (Wildman–Crippen LogP) is 3.40. The zero-order chi connectivity index (χ0) is 14.2. The molecule has 0 amide bonds. The lowest BCUT2D eigenvalue weighted by molar-refractivity contribution is 0.132. The van der Waals surface area contributed by atoms with Gasteiger partial charge in [-0.1, -0.05) is 18.2 Å². The Bertz CT molecular complexity index is 573. The van der Waals surface area contributed by atoms with Gasteiger partial charge >= 0.3 is 0 Å². The highest BCUT2D eigenvalue weighted by molar-refractivity contribution is 5.77. The maximum Gasteiger partial charge on any atom is 0.134 e. The number of hydrogen-bond donors (Lipinski definition) is 1. The number of rotatable bonds is 4. The molecular weight excluding hydrogens is 260 g/mol. The van der Waals surface area contributed by atoms with Crippen LogP contribution in [0.1, 0.15) is 31.4 Å². The van der Waals surface area contributed by atoms with Crippen molar-refractivity contribution in [3.8, 4) is 0 Å². The van der Waals surface area contributed by atoms with Crippen LogP contribution in [0.3, 0.4) is 0 Å². The maximum atomic E-state index is 5.86. The molecule has 2 saturated heterocycles. The van der Waals surface area contributed by atoms with E-state index in [9.17, 15) is 0 Å². The molecule has 21 heavy (non-hydrogen) atoms. The molecular formula is C18H24N2O. The largest absolute Gasteiger partial charge is 0.460 e. The average Bonchev–Trinajstić information content (AvgIpc) is 2.96. The van der Waals surface area contributed by atoms with Gasteiger partial charge < -0.3 is 14.6 Å². The van der Waals surface area contributed by atoms with Crippen molar-refractivity contribution in [3.63, 3.8) is 0 Å². The maximum absolute atomic E-state index is 5.86. The first kappa shape index (κ1) is 13.4. The summed E-state index contributed by atoms with van der Waals surface area (Å²) in [7, 11) is 2.31. The predicted molar refractivity (Wildman–Crippen MR) is 85.2 cm³/mol. The van der Waals surface area contributed by atoms with Crippen molar-refractivity contribution < 1.29 is 4.42 Å². The van der Waals surface area contributed by atoms with Crippen molar-refractivity contribution in [2.45, 2.75) is 44.3 Å². The molecule has 0 spiro atoms. The Balaban J connectivity index is 1.31. The number of para-hydroxylation sites is 1. The van der Waals surface area contributed by atoms with Crippen molar-refractivity contribution in [3.05, 3.63) is 36.1 Å². The molecule has 1 aromatic carbocycles. The third kappa shape index (κ3) is 2.60. The smallest absolute Gasteiger partial charge is 0.134 e. The van der Waals surface area contributed by atoms with Gasteiger partial charge in [0.05, 0.1) is 6.54 Å². The number of nitrogens with one attached hydrogen (secondary N) is 1. The van der Waals surface area contributed by atoms with Crippen LogP contribution in [0.2, 0.25) is 0 Å². The first-order valence-corrected chi connectivity index (χ1v) is 8.19. The summed E-state index contributed by atoms with van der Waals surface area (Å²) in [5.41, 5.74) is 0.992. The van der Waals surface area contributed by atoms with E-state index in [1.54, 1.807) is 0 Å². The highest BCUT2D eigenvalue weighted by atomic mass is 16.3. The second-order valence-corrected chi connectivity index (χ2v) is 6.77. The van der Waals surface area contributed by atoms with Gasteiger partial charge in [-0.3, -0.25) is 0 Å². The van der Waals surface area contributed by atoms with Crippen LogP contribution < -0.4 is 5.32 Å². The molecule has 2 bridgehead atoms. The monoisotopic (exact) mass is 284 g/mol. The Labute approximate surface area is 126 Å². The van der Waals surface area contributed by atoms with Gasteiger partial charge in [-0.25, -0.2) is 0 Å². The van der Waals surface area contributed by atoms with E-state index in [2.05, 4.69) is 35.5 Å². The summed E-state index contributed by atoms with van der Waals surface area (Å²) in [6.07, 6.45) is 5.53. The lowest BCUT2D eigenvalue weighted by atomic mass is 9.91. The van der Waals surface area contributed by atoms with E-state index in [0.29, 0.717) is 0 Å². The van der Waals surface area contributed by atoms with Crippen LogP contribution in [-0.2, 0) is 6.54 Å². The van der Waals surface area contributed by atoms with E-state index in [0.717, 1.165) is 42.4 Å². The van der Waals surface area contributed by atoms with E-state index in [1.807, 2.05) is 12.1 Å². The average molecular weight is 284 g/mol. The summed E-state index contributed by atoms with van der Waals surface area (Å²) in [4.78, 5) is 2.61. The lowest BCUT2D eigenvalue weighted by Gasteiger charge is -2.36. The Morgan fingerprint density at radius 1 is 1.19 bits per heavy atom. The number of furan rings is 1. The Morgan fingerprint density at radius 2 is 1.95 bits per heavy atom. The van der Waals surface area contributed by atoms with Crippen molar-refractivity contribution in [1.29, 1.82) is 0 Å². The topological polar surface area (TPSA) is 28.4 Å². The summed E-state index contributed by atoms with van der Waals surface area (Å²) in [6, 6.07) is 12.1. The number of hydrogen-bond acceptors (Lipinski definition) is 3. The highest BCUT2D eigenvalue weighted by Crippen LogP contribution is 2.37. The molecule has 0 radical (unpaired) electrons. The van der Waals surface area contributed by atoms with Crippen LogP contribution in [-0.4, -0.2) is 30.6 Å². The fourth-order valence-electron chi connectivity index (χ4n) is 4.21. The standard InChI is InChI=1S/C18H24N2O/c1-20-15-6-7-16(20)9-13(8-15)11-19-12-17-10-14-4-2-3-5-18(14)21-17/h2-5,10,13,15-16,19H,6-9,11-12H2,1H3. The minimum absolute atomic E-state index is 0.835. The van der Waals surface area contributed by atoms with Crippen LogP contribution in [0, 0.1) is 5.92 Å². The third-order valence-electron chi connectivity index (χ3n) is 5.40. The first-order chi connectivity index (χ1) is 10.3. The van der Waals surface area contributed by atoms with Gasteiger partial charge in [-0.2, -0.15) is 0 Å². The van der Waals surface area contributed by atoms with Gasteiger partial charge in [-0.15, -0.1) is 0 Å². The molecule has 4 rings (SSSR count). The Hall–Kier alpha value is -1.32. The van der Waals surface area contributed by atoms with Gasteiger partial charge in [0, 0.05) is 17.5 Å². The lowest BCUT2D eigenvalue weighted by Crippen LogP contribution is -2.42.